The standard InChI is InChI=1S/C13H18BrNS/c14-13-8-10(2-1-6-15)3-4-12(13)11-5-7-16-9-11/h3-4,8,11H,1-2,5-7,9,15H2. The minimum absolute atomic E-state index is 0.753. The molecule has 0 radical (unpaired) electrons. The third kappa shape index (κ3) is 3.02. The molecule has 1 aromatic carbocycles. The van der Waals surface area contributed by atoms with Gasteiger partial charge in [-0.1, -0.05) is 28.1 Å². The molecule has 2 N–H and O–H groups in total. The molecule has 0 amide bonds. The average Bonchev–Trinajstić information content (AvgIpc) is 2.80. The van der Waals surface area contributed by atoms with Crippen LogP contribution in [0.4, 0.5) is 0 Å². The monoisotopic (exact) mass is 299 g/mol. The Morgan fingerprint density at radius 3 is 2.94 bits per heavy atom. The van der Waals surface area contributed by atoms with Gasteiger partial charge in [-0.2, -0.15) is 11.8 Å². The Kier molecular flexibility index (Phi) is 4.74. The van der Waals surface area contributed by atoms with E-state index in [1.807, 2.05) is 0 Å². The molecule has 0 spiro atoms. The summed E-state index contributed by atoms with van der Waals surface area (Å²) in [5.41, 5.74) is 8.41. The summed E-state index contributed by atoms with van der Waals surface area (Å²) in [5, 5.41) is 0. The third-order valence-corrected chi connectivity index (χ3v) is 4.95. The van der Waals surface area contributed by atoms with Crippen molar-refractivity contribution in [2.45, 2.75) is 25.2 Å². The van der Waals surface area contributed by atoms with Crippen LogP contribution in [0, 0.1) is 0 Å². The van der Waals surface area contributed by atoms with Gasteiger partial charge in [0.1, 0.15) is 0 Å². The van der Waals surface area contributed by atoms with E-state index in [4.69, 9.17) is 5.73 Å². The second-order valence-electron chi connectivity index (χ2n) is 4.31. The van der Waals surface area contributed by atoms with E-state index in [2.05, 4.69) is 45.9 Å². The van der Waals surface area contributed by atoms with Gasteiger partial charge < -0.3 is 5.73 Å². The maximum absolute atomic E-state index is 5.53. The van der Waals surface area contributed by atoms with Gasteiger partial charge in [-0.3, -0.25) is 0 Å². The lowest BCUT2D eigenvalue weighted by atomic mass is 9.97. The number of hydrogen-bond donors (Lipinski definition) is 1. The van der Waals surface area contributed by atoms with E-state index in [0.29, 0.717) is 0 Å². The van der Waals surface area contributed by atoms with Crippen molar-refractivity contribution >= 4 is 27.7 Å². The van der Waals surface area contributed by atoms with E-state index in [1.165, 1.54) is 33.5 Å². The third-order valence-electron chi connectivity index (χ3n) is 3.10. The van der Waals surface area contributed by atoms with Crippen LogP contribution in [0.1, 0.15) is 29.9 Å². The molecule has 2 rings (SSSR count). The number of aryl methyl sites for hydroxylation is 1. The Balaban J connectivity index is 2.09. The fourth-order valence-corrected chi connectivity index (χ4v) is 4.14. The van der Waals surface area contributed by atoms with Gasteiger partial charge >= 0.3 is 0 Å². The van der Waals surface area contributed by atoms with E-state index in [-0.39, 0.29) is 0 Å². The number of benzene rings is 1. The minimum Gasteiger partial charge on any atom is -0.330 e. The number of halogens is 1. The molecule has 1 fully saturated rings. The smallest absolute Gasteiger partial charge is 0.0213 e. The lowest BCUT2D eigenvalue weighted by molar-refractivity contribution is 0.775. The van der Waals surface area contributed by atoms with Crippen LogP contribution >= 0.6 is 27.7 Å². The lowest BCUT2D eigenvalue weighted by Gasteiger charge is -2.12. The zero-order valence-corrected chi connectivity index (χ0v) is 11.8. The van der Waals surface area contributed by atoms with Crippen LogP contribution in [0.15, 0.2) is 22.7 Å². The second-order valence-corrected chi connectivity index (χ2v) is 6.31. The predicted molar refractivity (Wildman–Crippen MR) is 76.2 cm³/mol. The van der Waals surface area contributed by atoms with Crippen molar-refractivity contribution in [3.05, 3.63) is 33.8 Å². The molecule has 0 bridgehead atoms. The molecule has 3 heteroatoms. The molecule has 1 atom stereocenters. The van der Waals surface area contributed by atoms with E-state index < -0.39 is 0 Å². The van der Waals surface area contributed by atoms with Gasteiger partial charge in [0.2, 0.25) is 0 Å². The van der Waals surface area contributed by atoms with E-state index >= 15 is 0 Å². The van der Waals surface area contributed by atoms with Gasteiger partial charge in [-0.25, -0.2) is 0 Å². The number of thioether (sulfide) groups is 1. The molecule has 0 aromatic heterocycles. The van der Waals surface area contributed by atoms with Crippen molar-refractivity contribution in [3.63, 3.8) is 0 Å². The van der Waals surface area contributed by atoms with Gasteiger partial charge in [0.25, 0.3) is 0 Å². The summed E-state index contributed by atoms with van der Waals surface area (Å²) in [6.07, 6.45) is 3.49. The maximum Gasteiger partial charge on any atom is 0.0213 e. The highest BCUT2D eigenvalue weighted by molar-refractivity contribution is 9.10. The van der Waals surface area contributed by atoms with Gasteiger partial charge in [-0.05, 0) is 54.7 Å². The first-order valence-corrected chi connectivity index (χ1v) is 7.82. The van der Waals surface area contributed by atoms with Crippen molar-refractivity contribution in [2.24, 2.45) is 5.73 Å². The van der Waals surface area contributed by atoms with Gasteiger partial charge in [0, 0.05) is 10.2 Å². The molecule has 1 unspecified atom stereocenters. The van der Waals surface area contributed by atoms with Crippen LogP contribution in [-0.4, -0.2) is 18.1 Å². The number of rotatable bonds is 4. The zero-order chi connectivity index (χ0) is 11.4. The van der Waals surface area contributed by atoms with Crippen LogP contribution < -0.4 is 5.73 Å². The number of hydrogen-bond acceptors (Lipinski definition) is 2. The first-order valence-electron chi connectivity index (χ1n) is 5.87. The predicted octanol–water partition coefficient (Wildman–Crippen LogP) is 3.56. The summed E-state index contributed by atoms with van der Waals surface area (Å²) in [4.78, 5) is 0. The Hall–Kier alpha value is 0.01000. The fraction of sp³-hybridized carbons (Fsp3) is 0.538. The van der Waals surface area contributed by atoms with Gasteiger partial charge in [0.05, 0.1) is 0 Å². The van der Waals surface area contributed by atoms with Crippen LogP contribution in [0.25, 0.3) is 0 Å². The highest BCUT2D eigenvalue weighted by Crippen LogP contribution is 2.36. The van der Waals surface area contributed by atoms with Gasteiger partial charge in [-0.15, -0.1) is 0 Å². The first-order chi connectivity index (χ1) is 7.81. The minimum atomic E-state index is 0.753. The van der Waals surface area contributed by atoms with Crippen LogP contribution in [0.3, 0.4) is 0 Å². The highest BCUT2D eigenvalue weighted by atomic mass is 79.9. The Bertz CT molecular complexity index is 348. The van der Waals surface area contributed by atoms with Crippen LogP contribution in [0.2, 0.25) is 0 Å². The highest BCUT2D eigenvalue weighted by Gasteiger charge is 2.19. The molecule has 0 aliphatic carbocycles. The zero-order valence-electron chi connectivity index (χ0n) is 9.42. The van der Waals surface area contributed by atoms with Crippen LogP contribution in [0.5, 0.6) is 0 Å². The van der Waals surface area contributed by atoms with E-state index in [1.54, 1.807) is 0 Å². The molecule has 1 aliphatic heterocycles. The molecule has 16 heavy (non-hydrogen) atoms. The molecular weight excluding hydrogens is 282 g/mol. The quantitative estimate of drug-likeness (QED) is 0.920. The molecule has 1 saturated heterocycles. The average molecular weight is 300 g/mol. The summed E-state index contributed by atoms with van der Waals surface area (Å²) in [6.45, 7) is 0.776. The Labute approximate surface area is 110 Å². The topological polar surface area (TPSA) is 26.0 Å². The largest absolute Gasteiger partial charge is 0.330 e. The summed E-state index contributed by atoms with van der Waals surface area (Å²) >= 11 is 5.77. The van der Waals surface area contributed by atoms with E-state index in [0.717, 1.165) is 25.3 Å². The molecule has 1 aromatic rings. The Morgan fingerprint density at radius 1 is 1.44 bits per heavy atom. The summed E-state index contributed by atoms with van der Waals surface area (Å²) < 4.78 is 1.29. The van der Waals surface area contributed by atoms with Crippen LogP contribution in [-0.2, 0) is 6.42 Å². The van der Waals surface area contributed by atoms with Crippen molar-refractivity contribution in [2.75, 3.05) is 18.1 Å². The van der Waals surface area contributed by atoms with Crippen molar-refractivity contribution < 1.29 is 0 Å². The van der Waals surface area contributed by atoms with Crippen molar-refractivity contribution in [3.8, 4) is 0 Å². The Morgan fingerprint density at radius 2 is 2.31 bits per heavy atom. The number of nitrogens with two attached hydrogens (primary N) is 1. The van der Waals surface area contributed by atoms with Crippen molar-refractivity contribution in [1.82, 2.24) is 0 Å². The normalized spacial score (nSPS) is 20.2. The second kappa shape index (κ2) is 6.08. The molecule has 1 aliphatic rings. The van der Waals surface area contributed by atoms with Crippen molar-refractivity contribution in [1.29, 1.82) is 0 Å². The summed E-state index contributed by atoms with van der Waals surface area (Å²) in [5.74, 6) is 3.34. The summed E-state index contributed by atoms with van der Waals surface area (Å²) in [7, 11) is 0. The SMILES string of the molecule is NCCCc1ccc(C2CCSC2)c(Br)c1. The molecular formula is C13H18BrNS. The fourth-order valence-electron chi connectivity index (χ4n) is 2.14. The molecule has 1 heterocycles. The van der Waals surface area contributed by atoms with E-state index in [9.17, 15) is 0 Å². The van der Waals surface area contributed by atoms with Gasteiger partial charge in [0.15, 0.2) is 0 Å². The molecule has 88 valence electrons. The molecule has 1 nitrogen and oxygen atoms in total. The maximum atomic E-state index is 5.53. The molecule has 0 saturated carbocycles. The first kappa shape index (κ1) is 12.5. The summed E-state index contributed by atoms with van der Waals surface area (Å²) in [6, 6.07) is 6.83. The lowest BCUT2D eigenvalue weighted by Crippen LogP contribution is -2.02.